The lowest BCUT2D eigenvalue weighted by Crippen LogP contribution is -2.76. The van der Waals surface area contributed by atoms with Crippen molar-refractivity contribution in [2.24, 2.45) is 5.73 Å². The molecular weight excluding hydrogens is 1720 g/mol. The number of H-pyrrole nitrogens is 4. The van der Waals surface area contributed by atoms with E-state index < -0.39 is 64.2 Å². The number of methoxy groups -OCH3 is 10. The van der Waals surface area contributed by atoms with E-state index in [4.69, 9.17) is 67.7 Å². The molecule has 9 aromatic carbocycles. The fourth-order valence-corrected chi connectivity index (χ4v) is 15.0. The van der Waals surface area contributed by atoms with Crippen molar-refractivity contribution in [2.45, 2.75) is 99.8 Å². The number of carboxylic acids is 2. The summed E-state index contributed by atoms with van der Waals surface area (Å²) in [4.78, 5) is 119. The number of phenols is 3. The van der Waals surface area contributed by atoms with E-state index in [1.165, 1.54) is 103 Å². The molecule has 4 aromatic heterocycles. The molecule has 2 aliphatic heterocycles. The highest BCUT2D eigenvalue weighted by molar-refractivity contribution is 5.97. The van der Waals surface area contributed by atoms with Gasteiger partial charge in [-0.25, -0.2) is 19.2 Å². The number of quaternary nitrogens is 1. The summed E-state index contributed by atoms with van der Waals surface area (Å²) in [6.45, 7) is 7.13. The summed E-state index contributed by atoms with van der Waals surface area (Å²) in [6.07, 6.45) is 1.59. The van der Waals surface area contributed by atoms with Crippen LogP contribution in [0, 0.1) is 0 Å². The van der Waals surface area contributed by atoms with Gasteiger partial charge in [0, 0.05) is 106 Å². The number of aromatic nitrogens is 4. The number of esters is 6. The molecule has 36 nitrogen and oxygen atoms in total. The number of carbonyl (C=O) groups excluding carboxylic acids is 8. The number of ether oxygens (including phenoxy) is 12. The van der Waals surface area contributed by atoms with Crippen LogP contribution >= 0.6 is 0 Å². The normalized spacial score (nSPS) is 16.2. The highest BCUT2D eigenvalue weighted by atomic mass is 16.6. The van der Waals surface area contributed by atoms with E-state index in [9.17, 15) is 63.6 Å². The lowest BCUT2D eigenvalue weighted by atomic mass is 9.82. The topological polar surface area (TPSA) is 576 Å². The molecule has 0 fully saturated rings. The van der Waals surface area contributed by atoms with Crippen molar-refractivity contribution in [3.63, 3.8) is 0 Å². The number of fused-ring (bicyclic) bond motifs is 8. The van der Waals surface area contributed by atoms with E-state index in [0.29, 0.717) is 49.0 Å². The Morgan fingerprint density at radius 3 is 1.17 bits per heavy atom. The van der Waals surface area contributed by atoms with Crippen LogP contribution in [0.3, 0.4) is 0 Å². The van der Waals surface area contributed by atoms with Gasteiger partial charge in [-0.2, -0.15) is 0 Å². The number of aromatic hydroxyl groups is 3. The molecule has 0 unspecified atom stereocenters. The summed E-state index contributed by atoms with van der Waals surface area (Å²) < 4.78 is 60.2. The molecule has 15 rings (SSSR count). The number of aldehydes is 1. The standard InChI is InChI=1S/2C21H22N2O4.C20H18O10.2C14H18N2O3.C7H6O2.H3N.H2O/c2*1-21(20(25)27-3)11-16-15-10-14(26-2)7-8-17(15)22-19(16)18(23-21)12-5-4-6-13(24)9-12;1-27-13-7-3-11(4-8-13)19(25)29-15(17(21)22)16(18(23)24)30-20(26)12-5-9-14(28-2)10-6-12;2*1-14(15,13(17)19-3)7-9-8-16-12-5-4-10(18-2)6-11(9)12;8-5-6-2-1-3-7(9)4-6;;/h2*4-10,18,22-24H,11H2,1-3H3;3-10,15-16H,1-2H3,(H,21,22)(H,23,24);2*4-6,8,16H,7,15H2,1-3H3;1-5,9H;1H3;1H2/t18-,21+;18-,21-;15-,16-;2*14-;;;/m10000.../s1. The second-order valence-electron chi connectivity index (χ2n) is 31.4. The third-order valence-electron chi connectivity index (χ3n) is 21.8. The van der Waals surface area contributed by atoms with Gasteiger partial charge >= 0.3 is 41.8 Å². The number of hydrogen-bond donors (Lipinski definition) is 13. The largest absolute Gasteiger partial charge is 0.546 e. The van der Waals surface area contributed by atoms with Crippen LogP contribution in [-0.2, 0) is 82.9 Å². The Labute approximate surface area is 763 Å². The minimum absolute atomic E-state index is 0. The van der Waals surface area contributed by atoms with Gasteiger partial charge in [0.1, 0.15) is 74.6 Å². The second-order valence-corrected chi connectivity index (χ2v) is 31.4. The van der Waals surface area contributed by atoms with Crippen molar-refractivity contribution in [3.8, 4) is 51.7 Å². The molecular formula is C97H109N9O27. The number of carbonyl (C=O) groups is 9. The Kier molecular flexibility index (Phi) is 35.0. The zero-order valence-electron chi connectivity index (χ0n) is 75.6. The number of hydrogen-bond acceptors (Lipinski definition) is 29. The zero-order chi connectivity index (χ0) is 95.4. The van der Waals surface area contributed by atoms with Crippen LogP contribution in [0.25, 0.3) is 43.6 Å². The van der Waals surface area contributed by atoms with Crippen LogP contribution in [-0.4, -0.2) is 205 Å². The summed E-state index contributed by atoms with van der Waals surface area (Å²) in [6, 6.07) is 53.8. The molecule has 0 saturated heterocycles. The summed E-state index contributed by atoms with van der Waals surface area (Å²) in [5.41, 5.74) is 18.4. The van der Waals surface area contributed by atoms with Gasteiger partial charge in [0.25, 0.3) is 0 Å². The number of rotatable bonds is 24. The van der Waals surface area contributed by atoms with E-state index in [-0.39, 0.29) is 70.0 Å². The first-order chi connectivity index (χ1) is 62.4. The van der Waals surface area contributed by atoms with Crippen LogP contribution < -0.4 is 61.8 Å². The molecule has 0 saturated carbocycles. The summed E-state index contributed by atoms with van der Waals surface area (Å²) in [5, 5.41) is 60.3. The summed E-state index contributed by atoms with van der Waals surface area (Å²) in [5.74, 6) is -3.15. The fourth-order valence-electron chi connectivity index (χ4n) is 15.0. The Morgan fingerprint density at radius 2 is 0.827 bits per heavy atom. The van der Waals surface area contributed by atoms with Crippen molar-refractivity contribution in [2.75, 3.05) is 71.1 Å². The Balaban J connectivity index is 0.000000201. The number of nitrogens with two attached hydrogens (primary N) is 1. The third kappa shape index (κ3) is 24.7. The average Bonchev–Trinajstić information content (AvgIpc) is 1.66. The van der Waals surface area contributed by atoms with Crippen LogP contribution in [0.15, 0.2) is 207 Å². The highest BCUT2D eigenvalue weighted by Gasteiger charge is 2.46. The lowest BCUT2D eigenvalue weighted by Gasteiger charge is -2.37. The molecule has 6 heterocycles. The number of nitrogens with one attached hydrogen (secondary N) is 6. The number of benzene rings is 9. The highest BCUT2D eigenvalue weighted by Crippen LogP contribution is 2.43. The van der Waals surface area contributed by atoms with Gasteiger partial charge in [-0.05, 0) is 212 Å². The lowest BCUT2D eigenvalue weighted by molar-refractivity contribution is -0.456. The fraction of sp³-hybridized carbons (Fsp3) is 0.268. The zero-order valence-corrected chi connectivity index (χ0v) is 75.6. The maximum atomic E-state index is 12.6. The number of aliphatic carboxylic acids is 2. The van der Waals surface area contributed by atoms with E-state index in [1.54, 1.807) is 90.8 Å². The second kappa shape index (κ2) is 45.2. The first kappa shape index (κ1) is 103. The minimum atomic E-state index is -2.39. The molecule has 0 bridgehead atoms. The first-order valence-corrected chi connectivity index (χ1v) is 40.6. The Bertz CT molecular complexity index is 5930. The van der Waals surface area contributed by atoms with E-state index in [2.05, 4.69) is 36.3 Å². The number of phenolic OH excluding ortho intramolecular Hbond substituents is 3. The number of aromatic amines is 4. The van der Waals surface area contributed by atoms with Crippen molar-refractivity contribution in [3.05, 3.63) is 268 Å². The quantitative estimate of drug-likeness (QED) is 0.0152. The van der Waals surface area contributed by atoms with Crippen molar-refractivity contribution >= 4 is 97.7 Å². The van der Waals surface area contributed by atoms with Gasteiger partial charge in [-0.3, -0.25) is 29.8 Å². The van der Waals surface area contributed by atoms with Crippen molar-refractivity contribution < 1.29 is 137 Å². The minimum Gasteiger partial charge on any atom is -0.546 e. The predicted molar refractivity (Wildman–Crippen MR) is 488 cm³/mol. The molecule has 704 valence electrons. The maximum Gasteiger partial charge on any atom is 0.367 e. The maximum absolute atomic E-state index is 12.6. The van der Waals surface area contributed by atoms with E-state index in [1.807, 2.05) is 111 Å². The average molecular weight is 1830 g/mol. The third-order valence-corrected chi connectivity index (χ3v) is 21.8. The molecule has 133 heavy (non-hydrogen) atoms. The summed E-state index contributed by atoms with van der Waals surface area (Å²) >= 11 is 0. The molecule has 0 spiro atoms. The first-order valence-electron chi connectivity index (χ1n) is 40.6. The van der Waals surface area contributed by atoms with Crippen molar-refractivity contribution in [1.29, 1.82) is 0 Å². The summed E-state index contributed by atoms with van der Waals surface area (Å²) in [7, 11) is 14.9. The molecule has 8 atom stereocenters. The molecule has 0 radical (unpaired) electrons. The molecule has 13 aromatic rings. The van der Waals surface area contributed by atoms with E-state index >= 15 is 0 Å². The van der Waals surface area contributed by atoms with Gasteiger partial charge in [0.15, 0.2) is 11.6 Å². The van der Waals surface area contributed by atoms with Gasteiger partial charge in [0.2, 0.25) is 6.10 Å². The number of carboxylic acid groups (broad SMARTS) is 2. The van der Waals surface area contributed by atoms with Gasteiger partial charge in [-0.15, -0.1) is 0 Å². The smallest absolute Gasteiger partial charge is 0.367 e. The SMILES string of the molecule is COC(=O)[C@@](C)(N)Cc1c[nH]c2ccc(OC)cc12.COC(=O)[C@@](C)([NH3+])Cc1c[nH]c2ccc(OC)cc12.COC(=O)[C@]1(C)Cc2c([nH]c3ccc(OC)cc23)[C@@H](c2cccc(O)c2)N1.COC(=O)[C@]1(C)Cc2c([nH]c3ccc(OC)cc23)[C@H](c2cccc(O)c2)N1.COc1ccc(C(=O)O[C@H](C(=O)[O-])[C@H](OC(=O)c2ccc(OC)cc2)C(=O)O)cc1.N.O.O=Cc1cccc(O)c1. The van der Waals surface area contributed by atoms with Crippen LogP contribution in [0.4, 0.5) is 0 Å². The van der Waals surface area contributed by atoms with Crippen LogP contribution in [0.5, 0.6) is 51.7 Å². The Morgan fingerprint density at radius 1 is 0.474 bits per heavy atom. The van der Waals surface area contributed by atoms with Crippen LogP contribution in [0.1, 0.15) is 116 Å². The Hall–Kier alpha value is -15.5. The van der Waals surface area contributed by atoms with Crippen molar-refractivity contribution in [1.82, 2.24) is 36.7 Å². The molecule has 0 amide bonds. The molecule has 0 aliphatic carbocycles. The van der Waals surface area contributed by atoms with E-state index in [0.717, 1.165) is 111 Å². The van der Waals surface area contributed by atoms with Gasteiger partial charge < -0.3 is 130 Å². The van der Waals surface area contributed by atoms with Crippen LogP contribution in [0.2, 0.25) is 0 Å². The molecule has 2 aliphatic rings. The molecule has 36 heteroatoms. The van der Waals surface area contributed by atoms with Gasteiger partial charge in [-0.1, -0.05) is 36.4 Å². The van der Waals surface area contributed by atoms with Gasteiger partial charge in [0.05, 0.1) is 100 Å². The monoisotopic (exact) mass is 1830 g/mol. The molecule has 20 N–H and O–H groups in total. The predicted octanol–water partition coefficient (Wildman–Crippen LogP) is 9.43.